The van der Waals surface area contributed by atoms with Crippen molar-refractivity contribution in [2.24, 2.45) is 10.1 Å². The topological polar surface area (TPSA) is 74.1 Å². The summed E-state index contributed by atoms with van der Waals surface area (Å²) >= 11 is 7.29. The van der Waals surface area contributed by atoms with E-state index in [1.165, 1.54) is 17.3 Å². The molecule has 2 atom stereocenters. The standard InChI is InChI=1S/C27H23ClN4O2S/c1-17-10-12-19(13-11-17)23-15-22(18-6-3-2-4-7-18)31-32(23)27-30-26(34)24(35-27)16-25(33)29-21-9-5-8-20(28)14-21/h2-14,23-24H,15-16H2,1H3,(H,29,33)/t23-,24+/m0/s1. The molecule has 1 N–H and O–H groups in total. The predicted octanol–water partition coefficient (Wildman–Crippen LogP) is 5.83. The molecular weight excluding hydrogens is 480 g/mol. The number of rotatable bonds is 5. The van der Waals surface area contributed by atoms with Gasteiger partial charge in [0.25, 0.3) is 5.91 Å². The highest BCUT2D eigenvalue weighted by atomic mass is 35.5. The van der Waals surface area contributed by atoms with Crippen molar-refractivity contribution in [3.05, 3.63) is 101 Å². The summed E-state index contributed by atoms with van der Waals surface area (Å²) in [5, 5.41) is 9.97. The summed E-state index contributed by atoms with van der Waals surface area (Å²) in [5.74, 6) is -0.586. The fourth-order valence-corrected chi connectivity index (χ4v) is 5.34. The Kier molecular flexibility index (Phi) is 6.70. The zero-order valence-electron chi connectivity index (χ0n) is 19.0. The Bertz CT molecular complexity index is 1320. The third kappa shape index (κ3) is 5.31. The monoisotopic (exact) mass is 502 g/mol. The van der Waals surface area contributed by atoms with E-state index in [1.807, 2.05) is 35.3 Å². The van der Waals surface area contributed by atoms with Crippen molar-refractivity contribution >= 4 is 51.7 Å². The number of benzene rings is 3. The molecule has 0 radical (unpaired) electrons. The van der Waals surface area contributed by atoms with Crippen LogP contribution in [0.1, 0.15) is 35.6 Å². The number of nitrogens with one attached hydrogen (secondary N) is 1. The molecule has 0 unspecified atom stereocenters. The predicted molar refractivity (Wildman–Crippen MR) is 142 cm³/mol. The summed E-state index contributed by atoms with van der Waals surface area (Å²) in [6, 6.07) is 25.2. The van der Waals surface area contributed by atoms with Crippen LogP contribution < -0.4 is 5.32 Å². The molecule has 0 aromatic heterocycles. The maximum atomic E-state index is 12.7. The Hall–Kier alpha value is -3.42. The fraction of sp³-hybridized carbons (Fsp3) is 0.185. The zero-order valence-corrected chi connectivity index (χ0v) is 20.6. The maximum absolute atomic E-state index is 12.7. The molecule has 0 saturated carbocycles. The average molecular weight is 503 g/mol. The Labute approximate surface area is 213 Å². The Morgan fingerprint density at radius 2 is 1.86 bits per heavy atom. The number of hydrogen-bond acceptors (Lipinski definition) is 5. The first kappa shape index (κ1) is 23.3. The lowest BCUT2D eigenvalue weighted by molar-refractivity contribution is -0.121. The second kappa shape index (κ2) is 10.1. The molecule has 2 aliphatic heterocycles. The molecule has 3 aromatic rings. The number of anilines is 1. The number of amidine groups is 1. The van der Waals surface area contributed by atoms with Gasteiger partial charge in [-0.2, -0.15) is 10.1 Å². The summed E-state index contributed by atoms with van der Waals surface area (Å²) in [7, 11) is 0. The van der Waals surface area contributed by atoms with Crippen molar-refractivity contribution in [3.63, 3.8) is 0 Å². The van der Waals surface area contributed by atoms with Crippen molar-refractivity contribution in [3.8, 4) is 0 Å². The molecule has 176 valence electrons. The molecule has 0 saturated heterocycles. The summed E-state index contributed by atoms with van der Waals surface area (Å²) in [6.45, 7) is 2.05. The van der Waals surface area contributed by atoms with Crippen LogP contribution >= 0.6 is 23.4 Å². The molecule has 6 nitrogen and oxygen atoms in total. The lowest BCUT2D eigenvalue weighted by Gasteiger charge is -2.23. The minimum absolute atomic E-state index is 0.0152. The van der Waals surface area contributed by atoms with Gasteiger partial charge in [0, 0.05) is 23.6 Å². The maximum Gasteiger partial charge on any atom is 0.262 e. The van der Waals surface area contributed by atoms with E-state index in [0.717, 1.165) is 16.8 Å². The number of hydrazone groups is 1. The largest absolute Gasteiger partial charge is 0.326 e. The molecule has 3 aromatic carbocycles. The average Bonchev–Trinajstić information content (AvgIpc) is 3.44. The highest BCUT2D eigenvalue weighted by Gasteiger charge is 2.39. The third-order valence-corrected chi connectivity index (χ3v) is 7.26. The zero-order chi connectivity index (χ0) is 24.4. The van der Waals surface area contributed by atoms with Gasteiger partial charge in [0.05, 0.1) is 11.8 Å². The first-order chi connectivity index (χ1) is 17.0. The molecule has 0 aliphatic carbocycles. The van der Waals surface area contributed by atoms with E-state index in [4.69, 9.17) is 16.7 Å². The molecule has 35 heavy (non-hydrogen) atoms. The minimum Gasteiger partial charge on any atom is -0.326 e. The molecule has 2 aliphatic rings. The summed E-state index contributed by atoms with van der Waals surface area (Å²) in [4.78, 5) is 29.6. The highest BCUT2D eigenvalue weighted by molar-refractivity contribution is 8.15. The molecule has 8 heteroatoms. The molecule has 0 spiro atoms. The number of carbonyl (C=O) groups is 2. The normalized spacial score (nSPS) is 19.5. The van der Waals surface area contributed by atoms with Gasteiger partial charge < -0.3 is 5.32 Å². The van der Waals surface area contributed by atoms with Crippen LogP contribution in [0.25, 0.3) is 0 Å². The third-order valence-electron chi connectivity index (χ3n) is 5.88. The van der Waals surface area contributed by atoms with Gasteiger partial charge in [0.2, 0.25) is 5.91 Å². The molecular formula is C27H23ClN4O2S. The van der Waals surface area contributed by atoms with E-state index in [9.17, 15) is 9.59 Å². The first-order valence-corrected chi connectivity index (χ1v) is 12.6. The quantitative estimate of drug-likeness (QED) is 0.476. The second-order valence-electron chi connectivity index (χ2n) is 8.49. The number of aliphatic imine (C=N–C) groups is 1. The van der Waals surface area contributed by atoms with E-state index in [1.54, 1.807) is 24.3 Å². The number of aryl methyl sites for hydroxylation is 1. The van der Waals surface area contributed by atoms with E-state index < -0.39 is 5.25 Å². The van der Waals surface area contributed by atoms with E-state index >= 15 is 0 Å². The number of amides is 2. The van der Waals surface area contributed by atoms with Crippen LogP contribution in [-0.4, -0.2) is 33.0 Å². The van der Waals surface area contributed by atoms with Crippen LogP contribution in [0, 0.1) is 6.92 Å². The van der Waals surface area contributed by atoms with Gasteiger partial charge in [-0.25, -0.2) is 5.01 Å². The van der Waals surface area contributed by atoms with Gasteiger partial charge in [-0.3, -0.25) is 9.59 Å². The lowest BCUT2D eigenvalue weighted by atomic mass is 9.98. The summed E-state index contributed by atoms with van der Waals surface area (Å²) in [6.07, 6.45) is 0.710. The Morgan fingerprint density at radius 1 is 1.09 bits per heavy atom. The van der Waals surface area contributed by atoms with Crippen LogP contribution in [0.3, 0.4) is 0 Å². The van der Waals surface area contributed by atoms with Crippen molar-refractivity contribution in [1.82, 2.24) is 5.01 Å². The summed E-state index contributed by atoms with van der Waals surface area (Å²) < 4.78 is 0. The summed E-state index contributed by atoms with van der Waals surface area (Å²) in [5.41, 5.74) is 4.85. The smallest absolute Gasteiger partial charge is 0.262 e. The van der Waals surface area contributed by atoms with Crippen molar-refractivity contribution in [2.45, 2.75) is 31.1 Å². The second-order valence-corrected chi connectivity index (χ2v) is 10.1. The molecule has 2 heterocycles. The highest BCUT2D eigenvalue weighted by Crippen LogP contribution is 2.38. The van der Waals surface area contributed by atoms with Gasteiger partial charge in [-0.1, -0.05) is 89.6 Å². The van der Waals surface area contributed by atoms with Gasteiger partial charge >= 0.3 is 0 Å². The van der Waals surface area contributed by atoms with Crippen LogP contribution in [-0.2, 0) is 9.59 Å². The Balaban J connectivity index is 1.34. The van der Waals surface area contributed by atoms with Crippen LogP contribution in [0.15, 0.2) is 89.0 Å². The van der Waals surface area contributed by atoms with Gasteiger partial charge in [0.15, 0.2) is 5.17 Å². The van der Waals surface area contributed by atoms with Gasteiger partial charge in [0.1, 0.15) is 5.25 Å². The van der Waals surface area contributed by atoms with E-state index in [0.29, 0.717) is 22.3 Å². The number of thioether (sulfide) groups is 1. The van der Waals surface area contributed by atoms with Gasteiger partial charge in [-0.15, -0.1) is 0 Å². The molecule has 2 amide bonds. The molecule has 5 rings (SSSR count). The molecule has 0 bridgehead atoms. The van der Waals surface area contributed by atoms with E-state index in [2.05, 4.69) is 41.5 Å². The van der Waals surface area contributed by atoms with Crippen LogP contribution in [0.4, 0.5) is 5.69 Å². The lowest BCUT2D eigenvalue weighted by Crippen LogP contribution is -2.25. The minimum atomic E-state index is -0.598. The van der Waals surface area contributed by atoms with Crippen molar-refractivity contribution < 1.29 is 9.59 Å². The van der Waals surface area contributed by atoms with E-state index in [-0.39, 0.29) is 24.3 Å². The molecule has 0 fully saturated rings. The van der Waals surface area contributed by atoms with Crippen molar-refractivity contribution in [2.75, 3.05) is 5.32 Å². The number of carbonyl (C=O) groups excluding carboxylic acids is 2. The first-order valence-electron chi connectivity index (χ1n) is 11.3. The van der Waals surface area contributed by atoms with Gasteiger partial charge in [-0.05, 0) is 36.2 Å². The van der Waals surface area contributed by atoms with Crippen molar-refractivity contribution in [1.29, 1.82) is 0 Å². The van der Waals surface area contributed by atoms with Crippen LogP contribution in [0.2, 0.25) is 5.02 Å². The number of nitrogens with zero attached hydrogens (tertiary/aromatic N) is 3. The van der Waals surface area contributed by atoms with Crippen LogP contribution in [0.5, 0.6) is 0 Å². The Morgan fingerprint density at radius 3 is 2.60 bits per heavy atom. The fourth-order valence-electron chi connectivity index (χ4n) is 4.09. The number of hydrogen-bond donors (Lipinski definition) is 1. The SMILES string of the molecule is Cc1ccc([C@@H]2CC(c3ccccc3)=NN2C2=NC(=O)[C@@H](CC(=O)Nc3cccc(Cl)c3)S2)cc1. The number of halogens is 1.